The molecular weight excluding hydrogens is 202 g/mol. The van der Waals surface area contributed by atoms with Crippen molar-refractivity contribution >= 4 is 0 Å². The van der Waals surface area contributed by atoms with Crippen LogP contribution < -0.4 is 5.73 Å². The lowest BCUT2D eigenvalue weighted by molar-refractivity contribution is 0.788. The van der Waals surface area contributed by atoms with Gasteiger partial charge in [-0.1, -0.05) is 0 Å². The van der Waals surface area contributed by atoms with E-state index in [4.69, 9.17) is 5.73 Å². The van der Waals surface area contributed by atoms with E-state index in [0.717, 1.165) is 17.0 Å². The normalized spacial score (nSPS) is 12.8. The van der Waals surface area contributed by atoms with Gasteiger partial charge in [-0.2, -0.15) is 0 Å². The topological polar surface area (TPSA) is 69.6 Å². The predicted molar refractivity (Wildman–Crippen MR) is 61.6 cm³/mol. The van der Waals surface area contributed by atoms with Gasteiger partial charge in [-0.15, -0.1) is 0 Å². The number of aromatic nitrogens is 4. The summed E-state index contributed by atoms with van der Waals surface area (Å²) in [6, 6.07) is -0.0411. The zero-order chi connectivity index (χ0) is 11.7. The largest absolute Gasteiger partial charge is 0.331 e. The standard InChI is InChI=1S/C11H15N5/c1-7(12)9-4-14-11(15-8(9)2)10-5-13-6-16(10)3/h4-7H,12H2,1-3H3/t7-/m0/s1. The molecule has 0 saturated carbocycles. The predicted octanol–water partition coefficient (Wildman–Crippen LogP) is 1.21. The second-order valence-electron chi connectivity index (χ2n) is 3.91. The van der Waals surface area contributed by atoms with Gasteiger partial charge >= 0.3 is 0 Å². The SMILES string of the molecule is Cc1nc(-c2cncn2C)ncc1[C@H](C)N. The Hall–Kier alpha value is -1.75. The Morgan fingerprint density at radius 2 is 2.12 bits per heavy atom. The number of rotatable bonds is 2. The fourth-order valence-corrected chi connectivity index (χ4v) is 1.62. The van der Waals surface area contributed by atoms with Gasteiger partial charge in [-0.05, 0) is 13.8 Å². The maximum Gasteiger partial charge on any atom is 0.178 e. The van der Waals surface area contributed by atoms with E-state index in [9.17, 15) is 0 Å². The van der Waals surface area contributed by atoms with Crippen molar-refractivity contribution in [2.75, 3.05) is 0 Å². The highest BCUT2D eigenvalue weighted by Crippen LogP contribution is 2.17. The van der Waals surface area contributed by atoms with Crippen molar-refractivity contribution in [2.45, 2.75) is 19.9 Å². The molecule has 0 saturated heterocycles. The van der Waals surface area contributed by atoms with E-state index in [1.807, 2.05) is 25.5 Å². The highest BCUT2D eigenvalue weighted by molar-refractivity contribution is 5.48. The summed E-state index contributed by atoms with van der Waals surface area (Å²) >= 11 is 0. The summed E-state index contributed by atoms with van der Waals surface area (Å²) in [4.78, 5) is 12.8. The molecule has 0 aliphatic heterocycles. The molecule has 0 fully saturated rings. The molecule has 2 aromatic rings. The first kappa shape index (κ1) is 10.8. The lowest BCUT2D eigenvalue weighted by Gasteiger charge is -2.09. The van der Waals surface area contributed by atoms with Crippen LogP contribution in [0.2, 0.25) is 0 Å². The summed E-state index contributed by atoms with van der Waals surface area (Å²) < 4.78 is 1.89. The van der Waals surface area contributed by atoms with Crippen molar-refractivity contribution in [1.29, 1.82) is 0 Å². The van der Waals surface area contributed by atoms with E-state index in [2.05, 4.69) is 15.0 Å². The monoisotopic (exact) mass is 217 g/mol. The van der Waals surface area contributed by atoms with Gasteiger partial charge in [0.2, 0.25) is 0 Å². The van der Waals surface area contributed by atoms with Gasteiger partial charge in [-0.3, -0.25) is 0 Å². The molecule has 5 heteroatoms. The fraction of sp³-hybridized carbons (Fsp3) is 0.364. The number of nitrogens with zero attached hydrogens (tertiary/aromatic N) is 4. The van der Waals surface area contributed by atoms with Crippen LogP contribution in [0.4, 0.5) is 0 Å². The zero-order valence-electron chi connectivity index (χ0n) is 9.68. The molecule has 0 bridgehead atoms. The van der Waals surface area contributed by atoms with Gasteiger partial charge in [-0.25, -0.2) is 15.0 Å². The molecule has 1 atom stereocenters. The lowest BCUT2D eigenvalue weighted by Crippen LogP contribution is -2.09. The Labute approximate surface area is 94.4 Å². The lowest BCUT2D eigenvalue weighted by atomic mass is 10.1. The van der Waals surface area contributed by atoms with Crippen molar-refractivity contribution in [3.63, 3.8) is 0 Å². The first-order valence-electron chi connectivity index (χ1n) is 5.15. The van der Waals surface area contributed by atoms with Crippen LogP contribution in [0.3, 0.4) is 0 Å². The Morgan fingerprint density at radius 1 is 1.38 bits per heavy atom. The van der Waals surface area contributed by atoms with Crippen molar-refractivity contribution in [2.24, 2.45) is 12.8 Å². The molecule has 84 valence electrons. The molecule has 0 aromatic carbocycles. The smallest absolute Gasteiger partial charge is 0.178 e. The summed E-state index contributed by atoms with van der Waals surface area (Å²) in [5.41, 5.74) is 8.61. The van der Waals surface area contributed by atoms with Gasteiger partial charge < -0.3 is 10.3 Å². The van der Waals surface area contributed by atoms with Gasteiger partial charge in [0.15, 0.2) is 5.82 Å². The molecule has 0 unspecified atom stereocenters. The van der Waals surface area contributed by atoms with Crippen LogP contribution in [-0.4, -0.2) is 19.5 Å². The summed E-state index contributed by atoms with van der Waals surface area (Å²) in [6.45, 7) is 3.87. The van der Waals surface area contributed by atoms with Crippen molar-refractivity contribution in [3.05, 3.63) is 30.0 Å². The van der Waals surface area contributed by atoms with E-state index in [1.54, 1.807) is 18.7 Å². The van der Waals surface area contributed by atoms with Crippen LogP contribution in [0.5, 0.6) is 0 Å². The summed E-state index contributed by atoms with van der Waals surface area (Å²) in [5, 5.41) is 0. The van der Waals surface area contributed by atoms with E-state index in [-0.39, 0.29) is 6.04 Å². The summed E-state index contributed by atoms with van der Waals surface area (Å²) in [5.74, 6) is 0.682. The molecule has 16 heavy (non-hydrogen) atoms. The number of hydrogen-bond donors (Lipinski definition) is 1. The maximum atomic E-state index is 5.82. The van der Waals surface area contributed by atoms with Crippen molar-refractivity contribution in [3.8, 4) is 11.5 Å². The molecule has 0 amide bonds. The molecule has 0 spiro atoms. The fourth-order valence-electron chi connectivity index (χ4n) is 1.62. The number of aryl methyl sites for hydroxylation is 2. The number of nitrogens with two attached hydrogens (primary N) is 1. The molecule has 2 N–H and O–H groups in total. The average Bonchev–Trinajstić information content (AvgIpc) is 2.63. The molecule has 0 radical (unpaired) electrons. The first-order valence-corrected chi connectivity index (χ1v) is 5.15. The quantitative estimate of drug-likeness (QED) is 0.820. The Balaban J connectivity index is 2.46. The maximum absolute atomic E-state index is 5.82. The third-order valence-corrected chi connectivity index (χ3v) is 2.55. The molecule has 2 aromatic heterocycles. The van der Waals surface area contributed by atoms with Crippen molar-refractivity contribution < 1.29 is 0 Å². The van der Waals surface area contributed by atoms with Gasteiger partial charge in [0, 0.05) is 30.5 Å². The third-order valence-electron chi connectivity index (χ3n) is 2.55. The van der Waals surface area contributed by atoms with E-state index < -0.39 is 0 Å². The van der Waals surface area contributed by atoms with Gasteiger partial charge in [0.05, 0.1) is 12.5 Å². The van der Waals surface area contributed by atoms with E-state index in [1.165, 1.54) is 0 Å². The molecule has 0 aliphatic rings. The minimum Gasteiger partial charge on any atom is -0.331 e. The van der Waals surface area contributed by atoms with Crippen LogP contribution in [0.25, 0.3) is 11.5 Å². The minimum atomic E-state index is -0.0411. The summed E-state index contributed by atoms with van der Waals surface area (Å²) in [6.07, 6.45) is 5.27. The van der Waals surface area contributed by atoms with Crippen LogP contribution >= 0.6 is 0 Å². The van der Waals surface area contributed by atoms with Crippen LogP contribution in [0.15, 0.2) is 18.7 Å². The molecule has 0 aliphatic carbocycles. The van der Waals surface area contributed by atoms with Crippen LogP contribution in [0, 0.1) is 6.92 Å². The van der Waals surface area contributed by atoms with Crippen molar-refractivity contribution in [1.82, 2.24) is 19.5 Å². The highest BCUT2D eigenvalue weighted by Gasteiger charge is 2.10. The van der Waals surface area contributed by atoms with Gasteiger partial charge in [0.1, 0.15) is 5.69 Å². The molecular formula is C11H15N5. The first-order chi connectivity index (χ1) is 7.59. The highest BCUT2D eigenvalue weighted by atomic mass is 15.1. The van der Waals surface area contributed by atoms with Gasteiger partial charge in [0.25, 0.3) is 0 Å². The minimum absolute atomic E-state index is 0.0411. The molecule has 2 rings (SSSR count). The van der Waals surface area contributed by atoms with E-state index in [0.29, 0.717) is 5.82 Å². The second-order valence-corrected chi connectivity index (χ2v) is 3.91. The Bertz CT molecular complexity index is 501. The number of hydrogen-bond acceptors (Lipinski definition) is 4. The molecule has 2 heterocycles. The third kappa shape index (κ3) is 1.81. The summed E-state index contributed by atoms with van der Waals surface area (Å²) in [7, 11) is 1.92. The molecule has 5 nitrogen and oxygen atoms in total. The van der Waals surface area contributed by atoms with Crippen LogP contribution in [0.1, 0.15) is 24.2 Å². The van der Waals surface area contributed by atoms with Crippen LogP contribution in [-0.2, 0) is 7.05 Å². The second kappa shape index (κ2) is 4.02. The number of imidazole rings is 1. The van der Waals surface area contributed by atoms with E-state index >= 15 is 0 Å². The Morgan fingerprint density at radius 3 is 2.62 bits per heavy atom. The Kier molecular flexibility index (Phi) is 2.70. The zero-order valence-corrected chi connectivity index (χ0v) is 9.68. The average molecular weight is 217 g/mol.